The molecule has 6 heteroatoms. The summed E-state index contributed by atoms with van der Waals surface area (Å²) in [5.74, 6) is 1.72. The number of hydrogen-bond acceptors (Lipinski definition) is 4. The molecule has 0 spiro atoms. The van der Waals surface area contributed by atoms with E-state index in [1.54, 1.807) is 12.1 Å². The standard InChI is InChI=1S/C22H24N4O2/c23-21(27)18-6-8-19(9-7-18)22-24-20(14-17-11-13-28-15-17)26(25-22)12-10-16-4-2-1-3-5-16/h1-9,17H,10-15H2,(H2,23,27). The van der Waals surface area contributed by atoms with E-state index in [1.165, 1.54) is 5.56 Å². The molecule has 4 rings (SSSR count). The Morgan fingerprint density at radius 3 is 2.61 bits per heavy atom. The van der Waals surface area contributed by atoms with Crippen LogP contribution in [0.3, 0.4) is 0 Å². The van der Waals surface area contributed by atoms with Crippen molar-refractivity contribution in [3.63, 3.8) is 0 Å². The highest BCUT2D eigenvalue weighted by atomic mass is 16.5. The molecule has 1 aliphatic heterocycles. The second-order valence-corrected chi connectivity index (χ2v) is 7.19. The van der Waals surface area contributed by atoms with Gasteiger partial charge < -0.3 is 10.5 Å². The number of amides is 1. The quantitative estimate of drug-likeness (QED) is 0.687. The first-order valence-corrected chi connectivity index (χ1v) is 9.64. The lowest BCUT2D eigenvalue weighted by Gasteiger charge is -2.09. The van der Waals surface area contributed by atoms with Crippen LogP contribution in [-0.2, 0) is 24.1 Å². The molecule has 1 unspecified atom stereocenters. The number of hydrogen-bond donors (Lipinski definition) is 1. The molecule has 6 nitrogen and oxygen atoms in total. The van der Waals surface area contributed by atoms with Crippen molar-refractivity contribution in [2.45, 2.75) is 25.8 Å². The van der Waals surface area contributed by atoms with Gasteiger partial charge in [-0.15, -0.1) is 0 Å². The Hall–Kier alpha value is -2.99. The van der Waals surface area contributed by atoms with Crippen molar-refractivity contribution in [1.82, 2.24) is 14.8 Å². The van der Waals surface area contributed by atoms with Gasteiger partial charge in [-0.25, -0.2) is 9.67 Å². The molecule has 144 valence electrons. The van der Waals surface area contributed by atoms with Crippen LogP contribution in [0.15, 0.2) is 54.6 Å². The van der Waals surface area contributed by atoms with Crippen molar-refractivity contribution in [2.24, 2.45) is 11.7 Å². The van der Waals surface area contributed by atoms with Gasteiger partial charge in [-0.1, -0.05) is 42.5 Å². The van der Waals surface area contributed by atoms with Gasteiger partial charge in [-0.3, -0.25) is 4.79 Å². The Morgan fingerprint density at radius 2 is 1.93 bits per heavy atom. The average Bonchev–Trinajstić information content (AvgIpc) is 3.38. The molecule has 3 aromatic rings. The molecule has 0 aliphatic carbocycles. The molecular weight excluding hydrogens is 352 g/mol. The molecule has 2 heterocycles. The second-order valence-electron chi connectivity index (χ2n) is 7.19. The summed E-state index contributed by atoms with van der Waals surface area (Å²) in [7, 11) is 0. The van der Waals surface area contributed by atoms with Crippen LogP contribution >= 0.6 is 0 Å². The van der Waals surface area contributed by atoms with Crippen molar-refractivity contribution in [3.8, 4) is 11.4 Å². The molecular formula is C22H24N4O2. The zero-order valence-corrected chi connectivity index (χ0v) is 15.8. The Bertz CT molecular complexity index is 929. The van der Waals surface area contributed by atoms with Crippen LogP contribution < -0.4 is 5.73 Å². The molecule has 1 aromatic heterocycles. The largest absolute Gasteiger partial charge is 0.381 e. The van der Waals surface area contributed by atoms with Crippen molar-refractivity contribution in [3.05, 3.63) is 71.5 Å². The fraction of sp³-hybridized carbons (Fsp3) is 0.318. The van der Waals surface area contributed by atoms with E-state index < -0.39 is 5.91 Å². The van der Waals surface area contributed by atoms with E-state index in [0.717, 1.165) is 50.4 Å². The number of ether oxygens (including phenoxy) is 1. The summed E-state index contributed by atoms with van der Waals surface area (Å²) in [6.45, 7) is 2.39. The van der Waals surface area contributed by atoms with Crippen molar-refractivity contribution < 1.29 is 9.53 Å². The van der Waals surface area contributed by atoms with Crippen molar-refractivity contribution in [2.75, 3.05) is 13.2 Å². The van der Waals surface area contributed by atoms with E-state index in [9.17, 15) is 4.79 Å². The second kappa shape index (κ2) is 8.35. The third kappa shape index (κ3) is 4.28. The SMILES string of the molecule is NC(=O)c1ccc(-c2nc(CC3CCOC3)n(CCc3ccccc3)n2)cc1. The normalized spacial score (nSPS) is 16.4. The van der Waals surface area contributed by atoms with Gasteiger partial charge in [0.15, 0.2) is 5.82 Å². The molecule has 1 atom stereocenters. The number of primary amides is 1. The van der Waals surface area contributed by atoms with Crippen LogP contribution in [-0.4, -0.2) is 33.9 Å². The summed E-state index contributed by atoms with van der Waals surface area (Å²) in [5, 5.41) is 4.76. The van der Waals surface area contributed by atoms with Gasteiger partial charge in [0.25, 0.3) is 0 Å². The van der Waals surface area contributed by atoms with Crippen molar-refractivity contribution in [1.29, 1.82) is 0 Å². The maximum Gasteiger partial charge on any atom is 0.248 e. The number of carbonyl (C=O) groups excluding carboxylic acids is 1. The summed E-state index contributed by atoms with van der Waals surface area (Å²) in [6.07, 6.45) is 2.83. The molecule has 28 heavy (non-hydrogen) atoms. The Kier molecular flexibility index (Phi) is 5.48. The number of rotatable bonds is 7. The smallest absolute Gasteiger partial charge is 0.248 e. The molecule has 0 saturated carbocycles. The van der Waals surface area contributed by atoms with Crippen LogP contribution in [0.4, 0.5) is 0 Å². The monoisotopic (exact) mass is 376 g/mol. The minimum Gasteiger partial charge on any atom is -0.381 e. The van der Waals surface area contributed by atoms with Gasteiger partial charge in [-0.05, 0) is 36.5 Å². The molecule has 1 saturated heterocycles. The maximum absolute atomic E-state index is 11.3. The molecule has 1 fully saturated rings. The van der Waals surface area contributed by atoms with Gasteiger partial charge in [0.2, 0.25) is 5.91 Å². The fourth-order valence-electron chi connectivity index (χ4n) is 3.49. The first-order chi connectivity index (χ1) is 13.7. The Labute approximate surface area is 164 Å². The summed E-state index contributed by atoms with van der Waals surface area (Å²) in [6, 6.07) is 17.5. The molecule has 1 amide bonds. The number of aryl methyl sites for hydroxylation is 2. The minimum absolute atomic E-state index is 0.435. The lowest BCUT2D eigenvalue weighted by Crippen LogP contribution is -2.13. The number of nitrogens with two attached hydrogens (primary N) is 1. The highest BCUT2D eigenvalue weighted by Gasteiger charge is 2.21. The first kappa shape index (κ1) is 18.4. The van der Waals surface area contributed by atoms with E-state index in [0.29, 0.717) is 17.3 Å². The lowest BCUT2D eigenvalue weighted by atomic mass is 10.0. The maximum atomic E-state index is 11.3. The minimum atomic E-state index is -0.435. The topological polar surface area (TPSA) is 83.0 Å². The van der Waals surface area contributed by atoms with Gasteiger partial charge >= 0.3 is 0 Å². The van der Waals surface area contributed by atoms with Gasteiger partial charge in [0, 0.05) is 37.3 Å². The highest BCUT2D eigenvalue weighted by Crippen LogP contribution is 2.21. The van der Waals surface area contributed by atoms with Gasteiger partial charge in [0.05, 0.1) is 0 Å². The number of carbonyl (C=O) groups is 1. The molecule has 2 aromatic carbocycles. The first-order valence-electron chi connectivity index (χ1n) is 9.64. The van der Waals surface area contributed by atoms with Gasteiger partial charge in [-0.2, -0.15) is 5.10 Å². The summed E-state index contributed by atoms with van der Waals surface area (Å²) in [5.41, 5.74) is 7.97. The van der Waals surface area contributed by atoms with Gasteiger partial charge in [0.1, 0.15) is 5.82 Å². The summed E-state index contributed by atoms with van der Waals surface area (Å²) in [4.78, 5) is 16.1. The average molecular weight is 376 g/mol. The molecule has 0 bridgehead atoms. The van der Waals surface area contributed by atoms with Crippen LogP contribution in [0.5, 0.6) is 0 Å². The molecule has 2 N–H and O–H groups in total. The highest BCUT2D eigenvalue weighted by molar-refractivity contribution is 5.93. The third-order valence-electron chi connectivity index (χ3n) is 5.13. The third-order valence-corrected chi connectivity index (χ3v) is 5.13. The van der Waals surface area contributed by atoms with E-state index >= 15 is 0 Å². The summed E-state index contributed by atoms with van der Waals surface area (Å²) >= 11 is 0. The van der Waals surface area contributed by atoms with Crippen LogP contribution in [0.2, 0.25) is 0 Å². The van der Waals surface area contributed by atoms with Crippen LogP contribution in [0.1, 0.15) is 28.2 Å². The Morgan fingerprint density at radius 1 is 1.14 bits per heavy atom. The van der Waals surface area contributed by atoms with Crippen LogP contribution in [0.25, 0.3) is 11.4 Å². The van der Waals surface area contributed by atoms with E-state index in [-0.39, 0.29) is 0 Å². The number of nitrogens with zero attached hydrogens (tertiary/aromatic N) is 3. The predicted octanol–water partition coefficient (Wildman–Crippen LogP) is 2.87. The number of benzene rings is 2. The zero-order valence-electron chi connectivity index (χ0n) is 15.8. The molecule has 1 aliphatic rings. The lowest BCUT2D eigenvalue weighted by molar-refractivity contribution is 0.100. The fourth-order valence-corrected chi connectivity index (χ4v) is 3.49. The van der Waals surface area contributed by atoms with E-state index in [4.69, 9.17) is 20.6 Å². The van der Waals surface area contributed by atoms with E-state index in [1.807, 2.05) is 22.9 Å². The zero-order chi connectivity index (χ0) is 19.3. The summed E-state index contributed by atoms with van der Waals surface area (Å²) < 4.78 is 7.54. The number of aromatic nitrogens is 3. The molecule has 0 radical (unpaired) electrons. The van der Waals surface area contributed by atoms with Crippen LogP contribution in [0, 0.1) is 5.92 Å². The Balaban J connectivity index is 1.57. The van der Waals surface area contributed by atoms with Crippen molar-refractivity contribution >= 4 is 5.91 Å². The predicted molar refractivity (Wildman–Crippen MR) is 107 cm³/mol. The van der Waals surface area contributed by atoms with E-state index in [2.05, 4.69) is 24.3 Å².